The van der Waals surface area contributed by atoms with Crippen LogP contribution in [-0.2, 0) is 16.6 Å². The molecule has 7 heteroatoms. The minimum absolute atomic E-state index is 0.148. The molecule has 0 saturated heterocycles. The van der Waals surface area contributed by atoms with E-state index in [0.29, 0.717) is 11.3 Å². The lowest BCUT2D eigenvalue weighted by Gasteiger charge is -2.15. The van der Waals surface area contributed by atoms with Crippen LogP contribution < -0.4 is 16.2 Å². The molecule has 2 aromatic carbocycles. The maximum absolute atomic E-state index is 11.7. The highest BCUT2D eigenvalue weighted by atomic mass is 32.2. The van der Waals surface area contributed by atoms with Gasteiger partial charge in [0.15, 0.2) is 0 Å². The lowest BCUT2D eigenvalue weighted by atomic mass is 10.1. The van der Waals surface area contributed by atoms with Gasteiger partial charge in [-0.1, -0.05) is 18.2 Å². The number of rotatable bonds is 4. The second-order valence-electron chi connectivity index (χ2n) is 4.25. The molecule has 0 aliphatic heterocycles. The molecule has 2 aromatic rings. The first-order valence-corrected chi connectivity index (χ1v) is 7.34. The molecule has 0 bridgehead atoms. The molecule has 0 saturated carbocycles. The molecule has 6 N–H and O–H groups in total. The number of para-hydroxylation sites is 1. The zero-order valence-electron chi connectivity index (χ0n) is 10.6. The molecule has 0 unspecified atom stereocenters. The highest BCUT2D eigenvalue weighted by Gasteiger charge is 2.18. The van der Waals surface area contributed by atoms with E-state index in [2.05, 4.69) is 5.32 Å². The normalized spacial score (nSPS) is 11.3. The van der Waals surface area contributed by atoms with Crippen LogP contribution in [0.3, 0.4) is 0 Å². The molecule has 6 nitrogen and oxygen atoms in total. The lowest BCUT2D eigenvalue weighted by Crippen LogP contribution is -2.16. The minimum atomic E-state index is -3.96. The zero-order chi connectivity index (χ0) is 14.8. The van der Waals surface area contributed by atoms with Gasteiger partial charge in [-0.15, -0.1) is 0 Å². The summed E-state index contributed by atoms with van der Waals surface area (Å²) >= 11 is 0. The Labute approximate surface area is 117 Å². The van der Waals surface area contributed by atoms with Gasteiger partial charge in [-0.3, -0.25) is 0 Å². The van der Waals surface area contributed by atoms with Crippen LogP contribution in [0.1, 0.15) is 5.56 Å². The maximum Gasteiger partial charge on any atom is 0.240 e. The van der Waals surface area contributed by atoms with Gasteiger partial charge in [-0.05, 0) is 29.8 Å². The first-order valence-electron chi connectivity index (χ1n) is 5.80. The van der Waals surface area contributed by atoms with E-state index in [9.17, 15) is 8.42 Å². The predicted octanol–water partition coefficient (Wildman–Crippen LogP) is 1.15. The molecule has 0 aromatic heterocycles. The summed E-state index contributed by atoms with van der Waals surface area (Å²) in [6.07, 6.45) is 0. The third-order valence-corrected chi connectivity index (χ3v) is 3.66. The van der Waals surface area contributed by atoms with E-state index in [1.807, 2.05) is 6.07 Å². The molecule has 106 valence electrons. The molecule has 0 aliphatic rings. The van der Waals surface area contributed by atoms with Crippen molar-refractivity contribution in [2.75, 3.05) is 11.1 Å². The van der Waals surface area contributed by atoms with Gasteiger partial charge in [0.2, 0.25) is 10.0 Å². The van der Waals surface area contributed by atoms with E-state index >= 15 is 0 Å². The van der Waals surface area contributed by atoms with Crippen molar-refractivity contribution in [3.8, 4) is 0 Å². The van der Waals surface area contributed by atoms with E-state index in [1.165, 1.54) is 12.1 Å². The van der Waals surface area contributed by atoms with Crippen molar-refractivity contribution in [2.24, 2.45) is 5.14 Å². The Bertz CT molecular complexity index is 715. The molecule has 0 spiro atoms. The van der Waals surface area contributed by atoms with Gasteiger partial charge in [0.1, 0.15) is 4.90 Å². The molecule has 0 aliphatic carbocycles. The summed E-state index contributed by atoms with van der Waals surface area (Å²) in [6, 6.07) is 11.8. The average Bonchev–Trinajstić information content (AvgIpc) is 2.40. The maximum atomic E-state index is 11.7. The highest BCUT2D eigenvalue weighted by Crippen LogP contribution is 2.31. The topological polar surface area (TPSA) is 118 Å². The van der Waals surface area contributed by atoms with E-state index in [4.69, 9.17) is 16.0 Å². The summed E-state index contributed by atoms with van der Waals surface area (Å²) in [5, 5.41) is 17.3. The first kappa shape index (κ1) is 14.3. The summed E-state index contributed by atoms with van der Waals surface area (Å²) in [7, 11) is -3.96. The molecule has 0 fully saturated rings. The molecule has 0 radical (unpaired) electrons. The summed E-state index contributed by atoms with van der Waals surface area (Å²) in [5.74, 6) is 0. The number of nitrogens with two attached hydrogens (primary N) is 2. The Balaban J connectivity index is 2.57. The quantitative estimate of drug-likeness (QED) is 0.631. The van der Waals surface area contributed by atoms with Crippen LogP contribution in [0.25, 0.3) is 0 Å². The fourth-order valence-electron chi connectivity index (χ4n) is 1.81. The Morgan fingerprint density at radius 1 is 1.15 bits per heavy atom. The second kappa shape index (κ2) is 5.49. The highest BCUT2D eigenvalue weighted by molar-refractivity contribution is 7.89. The van der Waals surface area contributed by atoms with Gasteiger partial charge >= 0.3 is 0 Å². The number of aliphatic hydroxyl groups is 1. The third kappa shape index (κ3) is 3.08. The lowest BCUT2D eigenvalue weighted by molar-refractivity contribution is 0.281. The van der Waals surface area contributed by atoms with Crippen LogP contribution in [0.15, 0.2) is 47.4 Å². The number of hydrogen-bond acceptors (Lipinski definition) is 5. The monoisotopic (exact) mass is 293 g/mol. The van der Waals surface area contributed by atoms with Crippen LogP contribution in [0, 0.1) is 0 Å². The van der Waals surface area contributed by atoms with E-state index in [0.717, 1.165) is 0 Å². The number of aliphatic hydroxyl groups excluding tert-OH is 1. The summed E-state index contributed by atoms with van der Waals surface area (Å²) in [4.78, 5) is -0.148. The fraction of sp³-hybridized carbons (Fsp3) is 0.0769. The van der Waals surface area contributed by atoms with Crippen molar-refractivity contribution in [3.05, 3.63) is 48.0 Å². The molecule has 0 atom stereocenters. The molecule has 0 amide bonds. The predicted molar refractivity (Wildman–Crippen MR) is 77.9 cm³/mol. The van der Waals surface area contributed by atoms with E-state index in [-0.39, 0.29) is 22.9 Å². The van der Waals surface area contributed by atoms with Crippen molar-refractivity contribution >= 4 is 27.1 Å². The number of benzene rings is 2. The SMILES string of the molecule is Nc1cc(CO)cc(S(N)(=O)=O)c1Nc1ccccc1. The molecule has 2 rings (SSSR count). The van der Waals surface area contributed by atoms with Crippen molar-refractivity contribution in [1.82, 2.24) is 0 Å². The van der Waals surface area contributed by atoms with Crippen LogP contribution in [0.4, 0.5) is 17.1 Å². The zero-order valence-corrected chi connectivity index (χ0v) is 11.4. The van der Waals surface area contributed by atoms with Crippen molar-refractivity contribution in [1.29, 1.82) is 0 Å². The van der Waals surface area contributed by atoms with Gasteiger partial charge in [-0.2, -0.15) is 0 Å². The van der Waals surface area contributed by atoms with E-state index < -0.39 is 10.0 Å². The van der Waals surface area contributed by atoms with Crippen LogP contribution >= 0.6 is 0 Å². The van der Waals surface area contributed by atoms with Gasteiger partial charge in [0, 0.05) is 5.69 Å². The number of nitrogen functional groups attached to an aromatic ring is 1. The number of hydrogen-bond donors (Lipinski definition) is 4. The van der Waals surface area contributed by atoms with Gasteiger partial charge in [-0.25, -0.2) is 13.6 Å². The van der Waals surface area contributed by atoms with Crippen LogP contribution in [0.2, 0.25) is 0 Å². The smallest absolute Gasteiger partial charge is 0.240 e. The van der Waals surface area contributed by atoms with E-state index in [1.54, 1.807) is 24.3 Å². The standard InChI is InChI=1S/C13H15N3O3S/c14-11-6-9(8-17)7-12(20(15,18)19)13(11)16-10-4-2-1-3-5-10/h1-7,16-17H,8,14H2,(H2,15,18,19). The van der Waals surface area contributed by atoms with Crippen molar-refractivity contribution in [2.45, 2.75) is 11.5 Å². The first-order chi connectivity index (χ1) is 9.41. The third-order valence-electron chi connectivity index (χ3n) is 2.72. The summed E-state index contributed by atoms with van der Waals surface area (Å²) in [5.41, 5.74) is 7.31. The number of primary sulfonamides is 1. The molecule has 20 heavy (non-hydrogen) atoms. The second-order valence-corrected chi connectivity index (χ2v) is 5.78. The fourth-order valence-corrected chi connectivity index (χ4v) is 2.58. The Morgan fingerprint density at radius 3 is 2.35 bits per heavy atom. The van der Waals surface area contributed by atoms with Gasteiger partial charge in [0.05, 0.1) is 18.0 Å². The minimum Gasteiger partial charge on any atom is -0.397 e. The van der Waals surface area contributed by atoms with Crippen LogP contribution in [-0.4, -0.2) is 13.5 Å². The van der Waals surface area contributed by atoms with Gasteiger partial charge in [0.25, 0.3) is 0 Å². The van der Waals surface area contributed by atoms with Crippen molar-refractivity contribution in [3.63, 3.8) is 0 Å². The largest absolute Gasteiger partial charge is 0.397 e. The summed E-state index contributed by atoms with van der Waals surface area (Å²) in [6.45, 7) is -0.321. The molecular weight excluding hydrogens is 278 g/mol. The molecular formula is C13H15N3O3S. The summed E-state index contributed by atoms with van der Waals surface area (Å²) < 4.78 is 23.3. The number of nitrogens with one attached hydrogen (secondary N) is 1. The number of sulfonamides is 1. The van der Waals surface area contributed by atoms with Crippen molar-refractivity contribution < 1.29 is 13.5 Å². The van der Waals surface area contributed by atoms with Gasteiger partial charge < -0.3 is 16.2 Å². The Morgan fingerprint density at radius 2 is 1.80 bits per heavy atom. The average molecular weight is 293 g/mol. The Hall–Kier alpha value is -2.09. The molecule has 0 heterocycles. The number of anilines is 3. The Kier molecular flexibility index (Phi) is 3.93. The van der Waals surface area contributed by atoms with Crippen LogP contribution in [0.5, 0.6) is 0 Å².